The highest BCUT2D eigenvalue weighted by Crippen LogP contribution is 2.24. The molecule has 0 saturated carbocycles. The summed E-state index contributed by atoms with van der Waals surface area (Å²) in [5.41, 5.74) is 3.21. The molecule has 3 rings (SSSR count). The van der Waals surface area contributed by atoms with Gasteiger partial charge in [0.15, 0.2) is 0 Å². The smallest absolute Gasteiger partial charge is 0.306 e. The van der Waals surface area contributed by atoms with E-state index in [-0.39, 0.29) is 24.5 Å². The number of carbonyl (C=O) groups is 1. The summed E-state index contributed by atoms with van der Waals surface area (Å²) < 4.78 is 24.2. The van der Waals surface area contributed by atoms with Crippen LogP contribution < -0.4 is 0 Å². The maximum absolute atomic E-state index is 13.2. The molecule has 33 heavy (non-hydrogen) atoms. The fraction of sp³-hybridized carbons (Fsp3) is 0.519. The summed E-state index contributed by atoms with van der Waals surface area (Å²) in [7, 11) is 0. The van der Waals surface area contributed by atoms with Crippen LogP contribution in [0.1, 0.15) is 55.9 Å². The van der Waals surface area contributed by atoms with E-state index in [1.54, 1.807) is 6.92 Å². The van der Waals surface area contributed by atoms with Gasteiger partial charge in [0.1, 0.15) is 5.82 Å². The number of β-amino-alcohol motifs (C(OH)–C–C–N with tert-alkyl or cyclic N) is 1. The number of rotatable bonds is 12. The lowest BCUT2D eigenvalue weighted by Crippen LogP contribution is -2.39. The van der Waals surface area contributed by atoms with Gasteiger partial charge in [-0.2, -0.15) is 0 Å². The number of esters is 1. The lowest BCUT2D eigenvalue weighted by Gasteiger charge is -2.27. The molecule has 180 valence electrons. The number of hydrogen-bond acceptors (Lipinski definition) is 5. The summed E-state index contributed by atoms with van der Waals surface area (Å²) >= 11 is 0. The van der Waals surface area contributed by atoms with Crippen molar-refractivity contribution in [1.82, 2.24) is 4.90 Å². The number of hydrogen-bond donors (Lipinski definition) is 1. The van der Waals surface area contributed by atoms with Gasteiger partial charge >= 0.3 is 5.97 Å². The quantitative estimate of drug-likeness (QED) is 0.477. The molecule has 1 saturated heterocycles. The van der Waals surface area contributed by atoms with Gasteiger partial charge in [0.05, 0.1) is 25.4 Å². The zero-order chi connectivity index (χ0) is 23.6. The zero-order valence-electron chi connectivity index (χ0n) is 19.7. The number of nitrogens with zero attached hydrogens (tertiary/aromatic N) is 1. The Labute approximate surface area is 196 Å². The minimum atomic E-state index is -0.590. The van der Waals surface area contributed by atoms with Crippen molar-refractivity contribution in [2.24, 2.45) is 0 Å². The molecule has 5 nitrogen and oxygen atoms in total. The molecule has 0 radical (unpaired) electrons. The summed E-state index contributed by atoms with van der Waals surface area (Å²) in [4.78, 5) is 14.0. The van der Waals surface area contributed by atoms with Gasteiger partial charge in [0.2, 0.25) is 0 Å². The van der Waals surface area contributed by atoms with Crippen LogP contribution in [0, 0.1) is 5.82 Å². The normalized spacial score (nSPS) is 18.2. The van der Waals surface area contributed by atoms with Crippen LogP contribution in [0.5, 0.6) is 0 Å². The van der Waals surface area contributed by atoms with Crippen molar-refractivity contribution in [3.8, 4) is 0 Å². The van der Waals surface area contributed by atoms with Crippen molar-refractivity contribution in [3.63, 3.8) is 0 Å². The molecule has 1 heterocycles. The molecular formula is C27H36FNO4. The van der Waals surface area contributed by atoms with Crippen LogP contribution in [0.25, 0.3) is 0 Å². The van der Waals surface area contributed by atoms with Gasteiger partial charge in [0.25, 0.3) is 0 Å². The van der Waals surface area contributed by atoms with E-state index in [0.29, 0.717) is 32.0 Å². The molecule has 0 amide bonds. The van der Waals surface area contributed by atoms with Gasteiger partial charge in [-0.25, -0.2) is 4.39 Å². The first kappa shape index (κ1) is 25.3. The van der Waals surface area contributed by atoms with Crippen LogP contribution in [0.4, 0.5) is 4.39 Å². The Balaban J connectivity index is 1.48. The SMILES string of the molecule is CCOC(=O)CCc1ccccc1[C@@H](C)OC[C@H](O)CN1CCC[C@H]1Cc1ccc(F)cc1. The van der Waals surface area contributed by atoms with Crippen molar-refractivity contribution in [1.29, 1.82) is 0 Å². The number of likely N-dealkylation sites (tertiary alicyclic amines) is 1. The minimum Gasteiger partial charge on any atom is -0.466 e. The minimum absolute atomic E-state index is 0.188. The fourth-order valence-electron chi connectivity index (χ4n) is 4.56. The Kier molecular flexibility index (Phi) is 9.85. The summed E-state index contributed by atoms with van der Waals surface area (Å²) in [5, 5.41) is 10.7. The van der Waals surface area contributed by atoms with Crippen molar-refractivity contribution in [2.75, 3.05) is 26.3 Å². The van der Waals surface area contributed by atoms with Crippen LogP contribution >= 0.6 is 0 Å². The van der Waals surface area contributed by atoms with Gasteiger partial charge in [-0.05, 0) is 74.9 Å². The topological polar surface area (TPSA) is 59.0 Å². The predicted molar refractivity (Wildman–Crippen MR) is 126 cm³/mol. The van der Waals surface area contributed by atoms with Crippen LogP contribution in [0.15, 0.2) is 48.5 Å². The van der Waals surface area contributed by atoms with E-state index in [9.17, 15) is 14.3 Å². The standard InChI is InChI=1S/C27H36FNO4/c1-3-32-27(31)15-12-22-7-4-5-9-26(22)20(2)33-19-25(30)18-29-16-6-8-24(29)17-21-10-13-23(28)14-11-21/h4-5,7,9-11,13-14,20,24-25,30H,3,6,8,12,15-19H2,1-2H3/t20-,24+,25-/m1/s1. The molecule has 3 atom stereocenters. The zero-order valence-corrected chi connectivity index (χ0v) is 19.7. The van der Waals surface area contributed by atoms with E-state index in [2.05, 4.69) is 4.90 Å². The Morgan fingerprint density at radius 3 is 2.73 bits per heavy atom. The number of aliphatic hydroxyl groups is 1. The molecule has 0 aromatic heterocycles. The van der Waals surface area contributed by atoms with Gasteiger partial charge in [-0.3, -0.25) is 9.69 Å². The summed E-state index contributed by atoms with van der Waals surface area (Å²) in [6, 6.07) is 15.0. The Morgan fingerprint density at radius 1 is 1.21 bits per heavy atom. The highest BCUT2D eigenvalue weighted by Gasteiger charge is 2.27. The number of ether oxygens (including phenoxy) is 2. The summed E-state index contributed by atoms with van der Waals surface area (Å²) in [5.74, 6) is -0.414. The third-order valence-electron chi connectivity index (χ3n) is 6.26. The summed E-state index contributed by atoms with van der Waals surface area (Å²) in [6.07, 6.45) is 3.20. The first-order chi connectivity index (χ1) is 16.0. The lowest BCUT2D eigenvalue weighted by atomic mass is 9.99. The molecule has 0 aliphatic carbocycles. The second kappa shape index (κ2) is 12.8. The molecule has 0 bridgehead atoms. The van der Waals surface area contributed by atoms with Crippen molar-refractivity contribution in [3.05, 3.63) is 71.0 Å². The molecule has 0 spiro atoms. The van der Waals surface area contributed by atoms with Crippen LogP contribution in [-0.2, 0) is 27.1 Å². The van der Waals surface area contributed by atoms with Crippen LogP contribution in [0.3, 0.4) is 0 Å². The average molecular weight is 458 g/mol. The number of aryl methyl sites for hydroxylation is 1. The number of benzene rings is 2. The van der Waals surface area contributed by atoms with Gasteiger partial charge < -0.3 is 14.6 Å². The third kappa shape index (κ3) is 7.91. The molecule has 1 aliphatic heterocycles. The van der Waals surface area contributed by atoms with Gasteiger partial charge in [0, 0.05) is 19.0 Å². The fourth-order valence-corrected chi connectivity index (χ4v) is 4.56. The second-order valence-corrected chi connectivity index (χ2v) is 8.75. The van der Waals surface area contributed by atoms with E-state index in [1.807, 2.05) is 43.3 Å². The molecular weight excluding hydrogens is 421 g/mol. The highest BCUT2D eigenvalue weighted by molar-refractivity contribution is 5.69. The number of halogens is 1. The van der Waals surface area contributed by atoms with E-state index in [1.165, 1.54) is 12.1 Å². The molecule has 1 N–H and O–H groups in total. The predicted octanol–water partition coefficient (Wildman–Crippen LogP) is 4.47. The first-order valence-electron chi connectivity index (χ1n) is 12.0. The largest absolute Gasteiger partial charge is 0.466 e. The second-order valence-electron chi connectivity index (χ2n) is 8.75. The van der Waals surface area contributed by atoms with Crippen LogP contribution in [-0.4, -0.2) is 54.4 Å². The third-order valence-corrected chi connectivity index (χ3v) is 6.26. The van der Waals surface area contributed by atoms with E-state index in [0.717, 1.165) is 42.5 Å². The average Bonchev–Trinajstić information content (AvgIpc) is 3.24. The van der Waals surface area contributed by atoms with Crippen molar-refractivity contribution >= 4 is 5.97 Å². The highest BCUT2D eigenvalue weighted by atomic mass is 19.1. The Morgan fingerprint density at radius 2 is 1.97 bits per heavy atom. The Bertz CT molecular complexity index is 873. The van der Waals surface area contributed by atoms with E-state index in [4.69, 9.17) is 9.47 Å². The number of aliphatic hydroxyl groups excluding tert-OH is 1. The number of carbonyl (C=O) groups excluding carboxylic acids is 1. The Hall–Kier alpha value is -2.28. The summed E-state index contributed by atoms with van der Waals surface area (Å²) in [6.45, 7) is 5.92. The van der Waals surface area contributed by atoms with Crippen LogP contribution in [0.2, 0.25) is 0 Å². The monoisotopic (exact) mass is 457 g/mol. The maximum atomic E-state index is 13.2. The molecule has 1 aliphatic rings. The molecule has 2 aromatic carbocycles. The van der Waals surface area contributed by atoms with E-state index < -0.39 is 6.10 Å². The molecule has 6 heteroatoms. The molecule has 1 fully saturated rings. The lowest BCUT2D eigenvalue weighted by molar-refractivity contribution is -0.143. The van der Waals surface area contributed by atoms with Crippen molar-refractivity contribution < 1.29 is 23.8 Å². The molecule has 0 unspecified atom stereocenters. The first-order valence-corrected chi connectivity index (χ1v) is 12.0. The van der Waals surface area contributed by atoms with Gasteiger partial charge in [-0.15, -0.1) is 0 Å². The van der Waals surface area contributed by atoms with Crippen molar-refractivity contribution in [2.45, 2.75) is 64.2 Å². The van der Waals surface area contributed by atoms with E-state index >= 15 is 0 Å². The van der Waals surface area contributed by atoms with Gasteiger partial charge in [-0.1, -0.05) is 36.4 Å². The maximum Gasteiger partial charge on any atom is 0.306 e. The molecule has 2 aromatic rings.